The zero-order valence-electron chi connectivity index (χ0n) is 10.3. The summed E-state index contributed by atoms with van der Waals surface area (Å²) in [6.07, 6.45) is -2.17. The molecule has 0 bridgehead atoms. The molecule has 0 fully saturated rings. The molecule has 1 aromatic heterocycles. The Morgan fingerprint density at radius 1 is 1.47 bits per heavy atom. The van der Waals surface area contributed by atoms with E-state index < -0.39 is 17.6 Å². The van der Waals surface area contributed by atoms with E-state index in [0.717, 1.165) is 25.0 Å². The third-order valence-corrected chi connectivity index (χ3v) is 2.78. The first-order valence-corrected chi connectivity index (χ1v) is 6.23. The van der Waals surface area contributed by atoms with Crippen molar-refractivity contribution in [3.05, 3.63) is 29.6 Å². The van der Waals surface area contributed by atoms with Crippen molar-refractivity contribution in [3.63, 3.8) is 0 Å². The van der Waals surface area contributed by atoms with E-state index in [1.165, 1.54) is 0 Å². The van der Waals surface area contributed by atoms with Gasteiger partial charge in [-0.3, -0.25) is 9.78 Å². The number of alkyl halides is 4. The molecule has 7 heteroatoms. The lowest BCUT2D eigenvalue weighted by Gasteiger charge is -2.10. The van der Waals surface area contributed by atoms with Crippen LogP contribution in [0.15, 0.2) is 18.3 Å². The van der Waals surface area contributed by atoms with Crippen LogP contribution in [0.2, 0.25) is 0 Å². The molecular formula is C12H14ClF3N2O. The minimum Gasteiger partial charge on any atom is -0.349 e. The molecular weight excluding hydrogens is 281 g/mol. The van der Waals surface area contributed by atoms with Crippen molar-refractivity contribution in [3.8, 4) is 0 Å². The fourth-order valence-corrected chi connectivity index (χ4v) is 1.70. The van der Waals surface area contributed by atoms with Crippen molar-refractivity contribution >= 4 is 17.5 Å². The second-order valence-electron chi connectivity index (χ2n) is 4.03. The number of halogens is 4. The number of hydrogen-bond donors (Lipinski definition) is 1. The van der Waals surface area contributed by atoms with Crippen LogP contribution in [-0.4, -0.2) is 22.8 Å². The summed E-state index contributed by atoms with van der Waals surface area (Å²) in [7, 11) is 0. The van der Waals surface area contributed by atoms with Crippen molar-refractivity contribution < 1.29 is 18.0 Å². The van der Waals surface area contributed by atoms with Crippen LogP contribution in [0.25, 0.3) is 0 Å². The third kappa shape index (κ3) is 5.06. The van der Waals surface area contributed by atoms with Crippen LogP contribution in [0.5, 0.6) is 0 Å². The number of nitrogens with one attached hydrogen (secondary N) is 1. The lowest BCUT2D eigenvalue weighted by Crippen LogP contribution is -2.30. The first-order valence-electron chi connectivity index (χ1n) is 5.80. The molecule has 0 aliphatic rings. The number of pyridine rings is 1. The second-order valence-corrected chi connectivity index (χ2v) is 4.64. The van der Waals surface area contributed by atoms with Crippen LogP contribution in [-0.2, 0) is 6.18 Å². The molecule has 3 nitrogen and oxygen atoms in total. The van der Waals surface area contributed by atoms with Gasteiger partial charge in [0.05, 0.1) is 10.9 Å². The Morgan fingerprint density at radius 2 is 2.16 bits per heavy atom. The van der Waals surface area contributed by atoms with E-state index in [1.54, 1.807) is 0 Å². The van der Waals surface area contributed by atoms with Crippen molar-refractivity contribution in [1.82, 2.24) is 10.3 Å². The number of hydrogen-bond acceptors (Lipinski definition) is 2. The smallest absolute Gasteiger partial charge is 0.349 e. The van der Waals surface area contributed by atoms with Gasteiger partial charge in [0.15, 0.2) is 0 Å². The number of amides is 1. The standard InChI is InChI=1S/C12H14ClF3N2O/c1-2-3-9(13)7-18-11(19)10-5-4-8(6-17-10)12(14,15)16/h4-6,9H,2-3,7H2,1H3,(H,18,19). The molecule has 0 aliphatic carbocycles. The van der Waals surface area contributed by atoms with Gasteiger partial charge >= 0.3 is 6.18 Å². The van der Waals surface area contributed by atoms with Crippen LogP contribution < -0.4 is 5.32 Å². The second kappa shape index (κ2) is 6.75. The summed E-state index contributed by atoms with van der Waals surface area (Å²) < 4.78 is 36.9. The first-order chi connectivity index (χ1) is 8.84. The van der Waals surface area contributed by atoms with Gasteiger partial charge in [-0.05, 0) is 18.6 Å². The molecule has 1 heterocycles. The molecule has 1 atom stereocenters. The molecule has 0 radical (unpaired) electrons. The van der Waals surface area contributed by atoms with Crippen molar-refractivity contribution in [1.29, 1.82) is 0 Å². The Hall–Kier alpha value is -1.30. The van der Waals surface area contributed by atoms with Crippen molar-refractivity contribution in [2.75, 3.05) is 6.54 Å². The summed E-state index contributed by atoms with van der Waals surface area (Å²) in [5.74, 6) is -0.532. The third-order valence-electron chi connectivity index (χ3n) is 2.41. The van der Waals surface area contributed by atoms with Crippen LogP contribution >= 0.6 is 11.6 Å². The Morgan fingerprint density at radius 3 is 2.63 bits per heavy atom. The minimum atomic E-state index is -4.45. The van der Waals surface area contributed by atoms with Gasteiger partial charge in [0.25, 0.3) is 5.91 Å². The predicted octanol–water partition coefficient (Wildman–Crippen LogP) is 3.24. The summed E-state index contributed by atoms with van der Waals surface area (Å²) in [5.41, 5.74) is -0.946. The van der Waals surface area contributed by atoms with Crippen LogP contribution in [0, 0.1) is 0 Å². The molecule has 0 aliphatic heterocycles. The van der Waals surface area contributed by atoms with Crippen molar-refractivity contribution in [2.45, 2.75) is 31.3 Å². The maximum absolute atomic E-state index is 12.3. The Bertz CT molecular complexity index is 420. The van der Waals surface area contributed by atoms with Gasteiger partial charge in [0.1, 0.15) is 5.69 Å². The largest absolute Gasteiger partial charge is 0.417 e. The summed E-state index contributed by atoms with van der Waals surface area (Å²) in [4.78, 5) is 15.1. The van der Waals surface area contributed by atoms with Gasteiger partial charge in [0, 0.05) is 12.7 Å². The van der Waals surface area contributed by atoms with E-state index in [2.05, 4.69) is 10.3 Å². The SMILES string of the molecule is CCCC(Cl)CNC(=O)c1ccc(C(F)(F)F)cn1. The number of nitrogens with zero attached hydrogens (tertiary/aromatic N) is 1. The maximum atomic E-state index is 12.3. The zero-order valence-corrected chi connectivity index (χ0v) is 11.1. The van der Waals surface area contributed by atoms with Gasteiger partial charge in [0.2, 0.25) is 0 Å². The highest BCUT2D eigenvalue weighted by Crippen LogP contribution is 2.28. The van der Waals surface area contributed by atoms with Gasteiger partial charge in [-0.1, -0.05) is 13.3 Å². The number of aromatic nitrogens is 1. The average molecular weight is 295 g/mol. The Labute approximate surface area is 114 Å². The molecule has 106 valence electrons. The molecule has 1 unspecified atom stereocenters. The normalized spacial score (nSPS) is 13.1. The molecule has 1 rings (SSSR count). The molecule has 0 saturated heterocycles. The zero-order chi connectivity index (χ0) is 14.5. The first kappa shape index (κ1) is 15.8. The molecule has 1 N–H and O–H groups in total. The highest BCUT2D eigenvalue weighted by molar-refractivity contribution is 6.20. The maximum Gasteiger partial charge on any atom is 0.417 e. The predicted molar refractivity (Wildman–Crippen MR) is 66.1 cm³/mol. The lowest BCUT2D eigenvalue weighted by atomic mass is 10.2. The number of carbonyl (C=O) groups is 1. The molecule has 0 saturated carbocycles. The quantitative estimate of drug-likeness (QED) is 0.847. The van der Waals surface area contributed by atoms with Gasteiger partial charge in [-0.25, -0.2) is 0 Å². The summed E-state index contributed by atoms with van der Waals surface area (Å²) in [5, 5.41) is 2.34. The molecule has 0 aromatic carbocycles. The summed E-state index contributed by atoms with van der Waals surface area (Å²) in [6, 6.07) is 1.87. The number of carbonyl (C=O) groups excluding carboxylic acids is 1. The van der Waals surface area contributed by atoms with Crippen LogP contribution in [0.3, 0.4) is 0 Å². The summed E-state index contributed by atoms with van der Waals surface area (Å²) >= 11 is 5.91. The van der Waals surface area contributed by atoms with E-state index in [-0.39, 0.29) is 17.6 Å². The van der Waals surface area contributed by atoms with E-state index in [9.17, 15) is 18.0 Å². The topological polar surface area (TPSA) is 42.0 Å². The molecule has 0 spiro atoms. The molecule has 1 amide bonds. The molecule has 19 heavy (non-hydrogen) atoms. The molecule has 1 aromatic rings. The fourth-order valence-electron chi connectivity index (χ4n) is 1.41. The van der Waals surface area contributed by atoms with Gasteiger partial charge in [-0.15, -0.1) is 11.6 Å². The van der Waals surface area contributed by atoms with E-state index in [0.29, 0.717) is 6.20 Å². The average Bonchev–Trinajstić information content (AvgIpc) is 2.35. The monoisotopic (exact) mass is 294 g/mol. The minimum absolute atomic E-state index is 0.0617. The number of rotatable bonds is 5. The van der Waals surface area contributed by atoms with E-state index in [1.807, 2.05) is 6.92 Å². The summed E-state index contributed by atoms with van der Waals surface area (Å²) in [6.45, 7) is 2.23. The van der Waals surface area contributed by atoms with Crippen LogP contribution in [0.4, 0.5) is 13.2 Å². The van der Waals surface area contributed by atoms with Crippen molar-refractivity contribution in [2.24, 2.45) is 0 Å². The Balaban J connectivity index is 2.59. The highest BCUT2D eigenvalue weighted by atomic mass is 35.5. The lowest BCUT2D eigenvalue weighted by molar-refractivity contribution is -0.137. The van der Waals surface area contributed by atoms with Gasteiger partial charge in [-0.2, -0.15) is 13.2 Å². The van der Waals surface area contributed by atoms with Gasteiger partial charge < -0.3 is 5.32 Å². The fraction of sp³-hybridized carbons (Fsp3) is 0.500. The van der Waals surface area contributed by atoms with E-state index >= 15 is 0 Å². The highest BCUT2D eigenvalue weighted by Gasteiger charge is 2.30. The Kier molecular flexibility index (Phi) is 5.60. The van der Waals surface area contributed by atoms with Crippen LogP contribution in [0.1, 0.15) is 35.8 Å². The van der Waals surface area contributed by atoms with E-state index in [4.69, 9.17) is 11.6 Å².